The molecule has 3 aromatic rings. The lowest BCUT2D eigenvalue weighted by Gasteiger charge is -2.02. The maximum atomic E-state index is 6.00. The normalized spacial score (nSPS) is 10.9. The molecule has 5 heteroatoms. The minimum Gasteiger partial charge on any atom is -0.494 e. The molecule has 0 aliphatic heterocycles. The zero-order chi connectivity index (χ0) is 14.1. The molecule has 0 amide bonds. The number of rotatable bonds is 3. The highest BCUT2D eigenvalue weighted by Crippen LogP contribution is 2.29. The maximum absolute atomic E-state index is 6.00. The number of nitrogens with zero attached hydrogens (tertiary/aromatic N) is 1. The first-order chi connectivity index (χ1) is 9.67. The van der Waals surface area contributed by atoms with E-state index in [9.17, 15) is 0 Å². The van der Waals surface area contributed by atoms with Gasteiger partial charge in [0.15, 0.2) is 0 Å². The van der Waals surface area contributed by atoms with Gasteiger partial charge in [-0.25, -0.2) is 4.98 Å². The van der Waals surface area contributed by atoms with Crippen molar-refractivity contribution in [3.63, 3.8) is 0 Å². The number of hydrogen-bond donors (Lipinski definition) is 1. The van der Waals surface area contributed by atoms with Crippen molar-refractivity contribution < 1.29 is 4.74 Å². The summed E-state index contributed by atoms with van der Waals surface area (Å²) in [5.74, 6) is 1.62. The van der Waals surface area contributed by atoms with Gasteiger partial charge in [0.05, 0.1) is 27.7 Å². The minimum absolute atomic E-state index is 0.504. The zero-order valence-corrected chi connectivity index (χ0v) is 12.3. The van der Waals surface area contributed by atoms with Crippen LogP contribution in [0.5, 0.6) is 5.75 Å². The summed E-state index contributed by atoms with van der Waals surface area (Å²) in [6.07, 6.45) is 0. The van der Waals surface area contributed by atoms with Crippen LogP contribution in [0.25, 0.3) is 22.4 Å². The summed E-state index contributed by atoms with van der Waals surface area (Å²) in [4.78, 5) is 7.76. The van der Waals surface area contributed by atoms with Gasteiger partial charge in [-0.2, -0.15) is 0 Å². The minimum atomic E-state index is 0.504. The summed E-state index contributed by atoms with van der Waals surface area (Å²) in [6.45, 7) is 2.61. The van der Waals surface area contributed by atoms with E-state index in [0.717, 1.165) is 28.2 Å². The topological polar surface area (TPSA) is 37.9 Å². The molecule has 0 saturated carbocycles. The largest absolute Gasteiger partial charge is 0.494 e. The van der Waals surface area contributed by atoms with Crippen LogP contribution < -0.4 is 4.74 Å². The monoisotopic (exact) mass is 306 g/mol. The van der Waals surface area contributed by atoms with Crippen molar-refractivity contribution in [1.29, 1.82) is 0 Å². The lowest BCUT2D eigenvalue weighted by Crippen LogP contribution is -1.90. The van der Waals surface area contributed by atoms with Crippen LogP contribution in [-0.2, 0) is 0 Å². The van der Waals surface area contributed by atoms with E-state index in [1.165, 1.54) is 0 Å². The molecule has 0 unspecified atom stereocenters. The molecule has 1 aromatic heterocycles. The van der Waals surface area contributed by atoms with Gasteiger partial charge in [0.1, 0.15) is 11.6 Å². The summed E-state index contributed by atoms with van der Waals surface area (Å²) < 4.78 is 5.42. The van der Waals surface area contributed by atoms with Crippen LogP contribution in [0.2, 0.25) is 10.0 Å². The van der Waals surface area contributed by atoms with Gasteiger partial charge in [-0.05, 0) is 43.3 Å². The molecule has 2 aromatic carbocycles. The van der Waals surface area contributed by atoms with Crippen LogP contribution >= 0.6 is 23.2 Å². The zero-order valence-electron chi connectivity index (χ0n) is 10.8. The molecule has 0 bridgehead atoms. The summed E-state index contributed by atoms with van der Waals surface area (Å²) in [5.41, 5.74) is 2.64. The fourth-order valence-electron chi connectivity index (χ4n) is 2.02. The standard InChI is InChI=1S/C15H12Cl2N2O/c1-2-20-10-5-3-9(4-6-10)15-18-13-7-11(16)12(17)8-14(13)19-15/h3-8H,2H2,1H3,(H,18,19). The fraction of sp³-hybridized carbons (Fsp3) is 0.133. The lowest BCUT2D eigenvalue weighted by atomic mass is 10.2. The summed E-state index contributed by atoms with van der Waals surface area (Å²) in [5, 5.41) is 1.02. The Hall–Kier alpha value is -1.71. The predicted molar refractivity (Wildman–Crippen MR) is 82.7 cm³/mol. The Balaban J connectivity index is 2.01. The molecule has 0 spiro atoms. The van der Waals surface area contributed by atoms with E-state index in [4.69, 9.17) is 27.9 Å². The number of hydrogen-bond acceptors (Lipinski definition) is 2. The van der Waals surface area contributed by atoms with Crippen molar-refractivity contribution in [3.05, 3.63) is 46.4 Å². The average Bonchev–Trinajstić information content (AvgIpc) is 2.83. The van der Waals surface area contributed by atoms with Crippen molar-refractivity contribution in [2.24, 2.45) is 0 Å². The van der Waals surface area contributed by atoms with Gasteiger partial charge in [-0.3, -0.25) is 0 Å². The second-order valence-corrected chi connectivity index (χ2v) is 5.14. The molecular weight excluding hydrogens is 295 g/mol. The second kappa shape index (κ2) is 5.35. The number of ether oxygens (including phenoxy) is 1. The highest BCUT2D eigenvalue weighted by molar-refractivity contribution is 6.42. The number of aromatic nitrogens is 2. The summed E-state index contributed by atoms with van der Waals surface area (Å²) >= 11 is 12.0. The lowest BCUT2D eigenvalue weighted by molar-refractivity contribution is 0.340. The first kappa shape index (κ1) is 13.3. The van der Waals surface area contributed by atoms with Crippen LogP contribution in [0.4, 0.5) is 0 Å². The van der Waals surface area contributed by atoms with Crippen molar-refractivity contribution in [1.82, 2.24) is 9.97 Å². The Labute approximate surface area is 126 Å². The summed E-state index contributed by atoms with van der Waals surface area (Å²) in [7, 11) is 0. The molecule has 0 aliphatic carbocycles. The number of nitrogens with one attached hydrogen (secondary N) is 1. The molecule has 3 nitrogen and oxygen atoms in total. The molecule has 0 aliphatic rings. The fourth-order valence-corrected chi connectivity index (χ4v) is 2.34. The molecule has 20 heavy (non-hydrogen) atoms. The third-order valence-electron chi connectivity index (χ3n) is 2.96. The highest BCUT2D eigenvalue weighted by Gasteiger charge is 2.08. The van der Waals surface area contributed by atoms with Crippen LogP contribution in [0.15, 0.2) is 36.4 Å². The van der Waals surface area contributed by atoms with Crippen LogP contribution in [0.3, 0.4) is 0 Å². The van der Waals surface area contributed by atoms with Crippen LogP contribution in [-0.4, -0.2) is 16.6 Å². The van der Waals surface area contributed by atoms with E-state index >= 15 is 0 Å². The van der Waals surface area contributed by atoms with E-state index in [1.54, 1.807) is 12.1 Å². The Morgan fingerprint density at radius 1 is 1.10 bits per heavy atom. The third kappa shape index (κ3) is 2.47. The average molecular weight is 307 g/mol. The molecule has 1 N–H and O–H groups in total. The van der Waals surface area contributed by atoms with Gasteiger partial charge >= 0.3 is 0 Å². The predicted octanol–water partition coefficient (Wildman–Crippen LogP) is 4.94. The Kier molecular flexibility index (Phi) is 3.55. The van der Waals surface area contributed by atoms with Gasteiger partial charge in [-0.15, -0.1) is 0 Å². The Bertz CT molecular complexity index is 711. The number of fused-ring (bicyclic) bond motifs is 1. The van der Waals surface area contributed by atoms with Gasteiger partial charge < -0.3 is 9.72 Å². The van der Waals surface area contributed by atoms with Crippen molar-refractivity contribution in [2.45, 2.75) is 6.92 Å². The molecule has 0 saturated heterocycles. The molecule has 3 rings (SSSR count). The number of imidazole rings is 1. The molecule has 1 heterocycles. The third-order valence-corrected chi connectivity index (χ3v) is 3.68. The van der Waals surface area contributed by atoms with E-state index < -0.39 is 0 Å². The van der Waals surface area contributed by atoms with Gasteiger partial charge in [0.25, 0.3) is 0 Å². The van der Waals surface area contributed by atoms with Gasteiger partial charge in [0, 0.05) is 5.56 Å². The highest BCUT2D eigenvalue weighted by atomic mass is 35.5. The van der Waals surface area contributed by atoms with E-state index in [0.29, 0.717) is 16.7 Å². The first-order valence-corrected chi connectivity index (χ1v) is 7.01. The quantitative estimate of drug-likeness (QED) is 0.744. The van der Waals surface area contributed by atoms with Crippen molar-refractivity contribution >= 4 is 34.2 Å². The van der Waals surface area contributed by atoms with Gasteiger partial charge in [-0.1, -0.05) is 23.2 Å². The summed E-state index contributed by atoms with van der Waals surface area (Å²) in [6, 6.07) is 11.3. The smallest absolute Gasteiger partial charge is 0.138 e. The number of aromatic amines is 1. The first-order valence-electron chi connectivity index (χ1n) is 6.25. The van der Waals surface area contributed by atoms with Crippen molar-refractivity contribution in [3.8, 4) is 17.1 Å². The van der Waals surface area contributed by atoms with Crippen LogP contribution in [0.1, 0.15) is 6.92 Å². The SMILES string of the molecule is CCOc1ccc(-c2nc3cc(Cl)c(Cl)cc3[nH]2)cc1. The van der Waals surface area contributed by atoms with E-state index in [1.807, 2.05) is 31.2 Å². The van der Waals surface area contributed by atoms with Gasteiger partial charge in [0.2, 0.25) is 0 Å². The van der Waals surface area contributed by atoms with Crippen molar-refractivity contribution in [2.75, 3.05) is 6.61 Å². The Morgan fingerprint density at radius 2 is 1.80 bits per heavy atom. The number of benzene rings is 2. The molecule has 0 fully saturated rings. The van der Waals surface area contributed by atoms with E-state index in [2.05, 4.69) is 9.97 Å². The van der Waals surface area contributed by atoms with E-state index in [-0.39, 0.29) is 0 Å². The number of H-pyrrole nitrogens is 1. The molecular formula is C15H12Cl2N2O. The maximum Gasteiger partial charge on any atom is 0.138 e. The molecule has 0 radical (unpaired) electrons. The number of halogens is 2. The molecule has 102 valence electrons. The Morgan fingerprint density at radius 3 is 2.50 bits per heavy atom. The second-order valence-electron chi connectivity index (χ2n) is 4.33. The van der Waals surface area contributed by atoms with Crippen LogP contribution in [0, 0.1) is 0 Å². The molecule has 0 atom stereocenters.